The van der Waals surface area contributed by atoms with Crippen LogP contribution in [-0.2, 0) is 0 Å². The molecule has 0 spiro atoms. The summed E-state index contributed by atoms with van der Waals surface area (Å²) in [5, 5.41) is 3.47. The van der Waals surface area contributed by atoms with Gasteiger partial charge in [0.2, 0.25) is 0 Å². The summed E-state index contributed by atoms with van der Waals surface area (Å²) in [6.07, 6.45) is 5.75. The number of rotatable bonds is 2. The van der Waals surface area contributed by atoms with Gasteiger partial charge in [-0.2, -0.15) is 0 Å². The maximum Gasteiger partial charge on any atom is 0.0193 e. The first-order valence-corrected chi connectivity index (χ1v) is 7.02. The summed E-state index contributed by atoms with van der Waals surface area (Å²) >= 11 is 0. The summed E-state index contributed by atoms with van der Waals surface area (Å²) in [4.78, 5) is 2.69. The van der Waals surface area contributed by atoms with Crippen molar-refractivity contribution < 1.29 is 0 Å². The molecule has 0 aromatic rings. The molecule has 1 aliphatic carbocycles. The molecule has 0 aromatic carbocycles. The second-order valence-corrected chi connectivity index (χ2v) is 6.66. The zero-order chi connectivity index (χ0) is 11.6. The van der Waals surface area contributed by atoms with Gasteiger partial charge in [0, 0.05) is 32.2 Å². The largest absolute Gasteiger partial charge is 0.314 e. The Kier molecular flexibility index (Phi) is 3.91. The highest BCUT2D eigenvalue weighted by Crippen LogP contribution is 2.38. The molecule has 2 nitrogen and oxygen atoms in total. The Balaban J connectivity index is 1.77. The van der Waals surface area contributed by atoms with Crippen LogP contribution in [0.3, 0.4) is 0 Å². The zero-order valence-corrected chi connectivity index (χ0v) is 11.3. The van der Waals surface area contributed by atoms with Gasteiger partial charge in [0.15, 0.2) is 0 Å². The maximum absolute atomic E-state index is 3.47. The SMILES string of the molecule is C[C@H]1CNCCN1CC1CCC(C)(C)CC1. The molecule has 1 atom stereocenters. The third-order valence-electron chi connectivity index (χ3n) is 4.59. The van der Waals surface area contributed by atoms with E-state index < -0.39 is 0 Å². The Morgan fingerprint density at radius 3 is 2.56 bits per heavy atom. The van der Waals surface area contributed by atoms with Crippen molar-refractivity contribution in [2.24, 2.45) is 11.3 Å². The minimum atomic E-state index is 0.617. The predicted octanol–water partition coefficient (Wildman–Crippen LogP) is 2.50. The van der Waals surface area contributed by atoms with Gasteiger partial charge in [-0.15, -0.1) is 0 Å². The second-order valence-electron chi connectivity index (χ2n) is 6.66. The molecule has 16 heavy (non-hydrogen) atoms. The molecule has 2 fully saturated rings. The van der Waals surface area contributed by atoms with Crippen LogP contribution in [0, 0.1) is 11.3 Å². The number of hydrogen-bond acceptors (Lipinski definition) is 2. The quantitative estimate of drug-likeness (QED) is 0.775. The van der Waals surface area contributed by atoms with Crippen LogP contribution in [0.15, 0.2) is 0 Å². The lowest BCUT2D eigenvalue weighted by Gasteiger charge is -2.40. The first kappa shape index (κ1) is 12.4. The molecule has 2 rings (SSSR count). The van der Waals surface area contributed by atoms with Gasteiger partial charge in [-0.3, -0.25) is 4.90 Å². The first-order valence-electron chi connectivity index (χ1n) is 7.02. The minimum absolute atomic E-state index is 0.617. The number of piperazine rings is 1. The van der Waals surface area contributed by atoms with E-state index in [9.17, 15) is 0 Å². The third-order valence-corrected chi connectivity index (χ3v) is 4.59. The molecule has 94 valence electrons. The van der Waals surface area contributed by atoms with Crippen LogP contribution in [0.4, 0.5) is 0 Å². The lowest BCUT2D eigenvalue weighted by molar-refractivity contribution is 0.107. The Morgan fingerprint density at radius 1 is 1.25 bits per heavy atom. The third kappa shape index (κ3) is 3.21. The lowest BCUT2D eigenvalue weighted by atomic mass is 9.73. The minimum Gasteiger partial charge on any atom is -0.314 e. The first-order chi connectivity index (χ1) is 7.57. The number of nitrogens with zero attached hydrogens (tertiary/aromatic N) is 1. The molecular weight excluding hydrogens is 196 g/mol. The summed E-state index contributed by atoms with van der Waals surface area (Å²) in [7, 11) is 0. The number of hydrogen-bond donors (Lipinski definition) is 1. The van der Waals surface area contributed by atoms with Gasteiger partial charge in [0.1, 0.15) is 0 Å². The van der Waals surface area contributed by atoms with Crippen molar-refractivity contribution in [3.63, 3.8) is 0 Å². The normalized spacial score (nSPS) is 32.8. The van der Waals surface area contributed by atoms with Gasteiger partial charge in [-0.05, 0) is 43.9 Å². The number of nitrogens with one attached hydrogen (secondary N) is 1. The van der Waals surface area contributed by atoms with E-state index >= 15 is 0 Å². The summed E-state index contributed by atoms with van der Waals surface area (Å²) in [5.41, 5.74) is 0.617. The van der Waals surface area contributed by atoms with E-state index in [-0.39, 0.29) is 0 Å². The topological polar surface area (TPSA) is 15.3 Å². The Labute approximate surface area is 101 Å². The van der Waals surface area contributed by atoms with Crippen LogP contribution < -0.4 is 5.32 Å². The monoisotopic (exact) mass is 224 g/mol. The standard InChI is InChI=1S/C14H28N2/c1-12-10-15-8-9-16(12)11-13-4-6-14(2,3)7-5-13/h12-13,15H,4-11H2,1-3H3/t12-/m0/s1. The molecule has 2 aliphatic rings. The molecule has 1 N–H and O–H groups in total. The van der Waals surface area contributed by atoms with Gasteiger partial charge < -0.3 is 5.32 Å². The van der Waals surface area contributed by atoms with Gasteiger partial charge in [0.05, 0.1) is 0 Å². The van der Waals surface area contributed by atoms with E-state index in [1.807, 2.05) is 0 Å². The zero-order valence-electron chi connectivity index (χ0n) is 11.3. The van der Waals surface area contributed by atoms with Crippen LogP contribution >= 0.6 is 0 Å². The average Bonchev–Trinajstić information content (AvgIpc) is 2.24. The van der Waals surface area contributed by atoms with Gasteiger partial charge in [-0.1, -0.05) is 13.8 Å². The molecular formula is C14H28N2. The van der Waals surface area contributed by atoms with E-state index in [1.165, 1.54) is 51.9 Å². The molecule has 1 aliphatic heterocycles. The average molecular weight is 224 g/mol. The second kappa shape index (κ2) is 5.05. The van der Waals surface area contributed by atoms with Crippen LogP contribution in [0.1, 0.15) is 46.5 Å². The van der Waals surface area contributed by atoms with Crippen LogP contribution in [0.2, 0.25) is 0 Å². The summed E-state index contributed by atoms with van der Waals surface area (Å²) in [5.74, 6) is 0.966. The van der Waals surface area contributed by atoms with E-state index in [4.69, 9.17) is 0 Å². The highest BCUT2D eigenvalue weighted by Gasteiger charge is 2.29. The van der Waals surface area contributed by atoms with Crippen LogP contribution in [0.5, 0.6) is 0 Å². The van der Waals surface area contributed by atoms with Gasteiger partial charge in [0.25, 0.3) is 0 Å². The van der Waals surface area contributed by atoms with Crippen molar-refractivity contribution in [2.75, 3.05) is 26.2 Å². The van der Waals surface area contributed by atoms with Crippen molar-refractivity contribution >= 4 is 0 Å². The van der Waals surface area contributed by atoms with Crippen LogP contribution in [0.25, 0.3) is 0 Å². The Hall–Kier alpha value is -0.0800. The van der Waals surface area contributed by atoms with Crippen molar-refractivity contribution in [3.05, 3.63) is 0 Å². The van der Waals surface area contributed by atoms with E-state index in [0.29, 0.717) is 5.41 Å². The molecule has 0 bridgehead atoms. The molecule has 1 saturated heterocycles. The summed E-state index contributed by atoms with van der Waals surface area (Å²) in [6, 6.07) is 0.740. The molecule has 0 radical (unpaired) electrons. The molecule has 2 heteroatoms. The Bertz CT molecular complexity index is 215. The van der Waals surface area contributed by atoms with Crippen LogP contribution in [-0.4, -0.2) is 37.1 Å². The van der Waals surface area contributed by atoms with Crippen molar-refractivity contribution in [1.29, 1.82) is 0 Å². The Morgan fingerprint density at radius 2 is 1.94 bits per heavy atom. The lowest BCUT2D eigenvalue weighted by Crippen LogP contribution is -2.51. The van der Waals surface area contributed by atoms with E-state index in [0.717, 1.165) is 12.0 Å². The maximum atomic E-state index is 3.47. The highest BCUT2D eigenvalue weighted by atomic mass is 15.2. The smallest absolute Gasteiger partial charge is 0.0193 e. The predicted molar refractivity (Wildman–Crippen MR) is 69.6 cm³/mol. The molecule has 1 heterocycles. The molecule has 0 unspecified atom stereocenters. The molecule has 0 amide bonds. The molecule has 1 saturated carbocycles. The van der Waals surface area contributed by atoms with Gasteiger partial charge in [-0.25, -0.2) is 0 Å². The fourth-order valence-electron chi connectivity index (χ4n) is 3.13. The van der Waals surface area contributed by atoms with Crippen molar-refractivity contribution in [1.82, 2.24) is 10.2 Å². The molecule has 0 aromatic heterocycles. The van der Waals surface area contributed by atoms with Crippen molar-refractivity contribution in [3.8, 4) is 0 Å². The van der Waals surface area contributed by atoms with Crippen molar-refractivity contribution in [2.45, 2.75) is 52.5 Å². The highest BCUT2D eigenvalue weighted by molar-refractivity contribution is 4.83. The summed E-state index contributed by atoms with van der Waals surface area (Å²) < 4.78 is 0. The summed E-state index contributed by atoms with van der Waals surface area (Å²) in [6.45, 7) is 12.2. The van der Waals surface area contributed by atoms with Gasteiger partial charge >= 0.3 is 0 Å². The van der Waals surface area contributed by atoms with E-state index in [2.05, 4.69) is 31.0 Å². The fourth-order valence-corrected chi connectivity index (χ4v) is 3.13. The van der Waals surface area contributed by atoms with E-state index in [1.54, 1.807) is 0 Å². The fraction of sp³-hybridized carbons (Fsp3) is 1.00.